The summed E-state index contributed by atoms with van der Waals surface area (Å²) in [4.78, 5) is 2.49. The van der Waals surface area contributed by atoms with Crippen molar-refractivity contribution < 1.29 is 9.47 Å². The van der Waals surface area contributed by atoms with Gasteiger partial charge in [0.05, 0.1) is 13.2 Å². The summed E-state index contributed by atoms with van der Waals surface area (Å²) in [6.45, 7) is 10.9. The third kappa shape index (κ3) is 31.2. The lowest BCUT2D eigenvalue weighted by atomic mass is 10.1. The van der Waals surface area contributed by atoms with Crippen LogP contribution in [-0.2, 0) is 16.0 Å². The highest BCUT2D eigenvalue weighted by atomic mass is 16.5. The minimum absolute atomic E-state index is 0.812. The van der Waals surface area contributed by atoms with Gasteiger partial charge in [0.25, 0.3) is 0 Å². The Labute approximate surface area is 288 Å². The first kappa shape index (κ1) is 42.6. The fourth-order valence-electron chi connectivity index (χ4n) is 5.90. The zero-order valence-corrected chi connectivity index (χ0v) is 30.9. The number of hydrogen-bond donors (Lipinski definition) is 0. The third-order valence-electron chi connectivity index (χ3n) is 8.95. The zero-order chi connectivity index (χ0) is 32.9. The topological polar surface area (TPSA) is 21.7 Å². The molecule has 0 aliphatic rings. The average molecular weight is 640 g/mol. The molecule has 0 unspecified atom stereocenters. The van der Waals surface area contributed by atoms with Crippen LogP contribution >= 0.6 is 0 Å². The number of allylic oxidation sites excluding steroid dienone is 4. The van der Waals surface area contributed by atoms with E-state index in [4.69, 9.17) is 9.47 Å². The normalized spacial score (nSPS) is 12.0. The van der Waals surface area contributed by atoms with Crippen molar-refractivity contribution in [2.75, 3.05) is 39.5 Å². The minimum atomic E-state index is 0.812. The van der Waals surface area contributed by atoms with E-state index in [0.29, 0.717) is 0 Å². The summed E-state index contributed by atoms with van der Waals surface area (Å²) in [7, 11) is 0. The number of nitrogens with zero attached hydrogens (tertiary/aromatic N) is 1. The van der Waals surface area contributed by atoms with E-state index in [0.717, 1.165) is 46.1 Å². The molecule has 3 nitrogen and oxygen atoms in total. The molecule has 0 bridgehead atoms. The van der Waals surface area contributed by atoms with Crippen LogP contribution in [0.2, 0.25) is 0 Å². The average Bonchev–Trinajstić information content (AvgIpc) is 3.07. The first-order valence-electron chi connectivity index (χ1n) is 20.1. The van der Waals surface area contributed by atoms with Crippen LogP contribution in [0, 0.1) is 0 Å². The van der Waals surface area contributed by atoms with Crippen LogP contribution in [0.25, 0.3) is 0 Å². The number of hydrogen-bond acceptors (Lipinski definition) is 3. The molecule has 0 heterocycles. The molecule has 0 aliphatic carbocycles. The Bertz CT molecular complexity index is 717. The van der Waals surface area contributed by atoms with Gasteiger partial charge >= 0.3 is 0 Å². The van der Waals surface area contributed by atoms with E-state index in [1.54, 1.807) is 0 Å². The summed E-state index contributed by atoms with van der Waals surface area (Å²) in [5.41, 5.74) is 1.37. The fraction of sp³-hybridized carbons (Fsp3) is 0.767. The second-order valence-corrected chi connectivity index (χ2v) is 13.4. The Morgan fingerprint density at radius 3 is 1.22 bits per heavy atom. The van der Waals surface area contributed by atoms with Crippen LogP contribution in [0.1, 0.15) is 174 Å². The van der Waals surface area contributed by atoms with Gasteiger partial charge < -0.3 is 9.47 Å². The van der Waals surface area contributed by atoms with Crippen molar-refractivity contribution in [1.82, 2.24) is 4.90 Å². The van der Waals surface area contributed by atoms with Gasteiger partial charge in [0.1, 0.15) is 0 Å². The van der Waals surface area contributed by atoms with Crippen molar-refractivity contribution in [1.29, 1.82) is 0 Å². The van der Waals surface area contributed by atoms with Crippen LogP contribution < -0.4 is 0 Å². The molecule has 0 aliphatic heterocycles. The predicted molar refractivity (Wildman–Crippen MR) is 204 cm³/mol. The van der Waals surface area contributed by atoms with E-state index in [9.17, 15) is 0 Å². The molecule has 3 heteroatoms. The first-order valence-corrected chi connectivity index (χ1v) is 20.1. The molecule has 0 saturated heterocycles. The number of benzene rings is 1. The lowest BCUT2D eigenvalue weighted by molar-refractivity contribution is 0.0692. The molecule has 0 N–H and O–H groups in total. The SMILES string of the molecule is CCCCCCC=CCCCCCCCCOCCN(CCOCCCCCCCCC=CCCCCCC)Cc1ccccc1. The number of rotatable bonds is 36. The summed E-state index contributed by atoms with van der Waals surface area (Å²) in [5, 5.41) is 0. The van der Waals surface area contributed by atoms with E-state index >= 15 is 0 Å². The largest absolute Gasteiger partial charge is 0.380 e. The van der Waals surface area contributed by atoms with Crippen molar-refractivity contribution in [2.24, 2.45) is 0 Å². The maximum atomic E-state index is 6.05. The van der Waals surface area contributed by atoms with Gasteiger partial charge in [-0.25, -0.2) is 0 Å². The van der Waals surface area contributed by atoms with Crippen LogP contribution in [0.5, 0.6) is 0 Å². The molecule has 46 heavy (non-hydrogen) atoms. The summed E-state index contributed by atoms with van der Waals surface area (Å²) in [6, 6.07) is 10.8. The van der Waals surface area contributed by atoms with Crippen LogP contribution in [0.3, 0.4) is 0 Å². The smallest absolute Gasteiger partial charge is 0.0593 e. The summed E-state index contributed by atoms with van der Waals surface area (Å²) in [6.07, 6.45) is 41.5. The van der Waals surface area contributed by atoms with E-state index in [2.05, 4.69) is 73.4 Å². The lowest BCUT2D eigenvalue weighted by Crippen LogP contribution is -2.31. The molecule has 0 amide bonds. The Morgan fingerprint density at radius 1 is 0.435 bits per heavy atom. The molecule has 1 aromatic rings. The van der Waals surface area contributed by atoms with Gasteiger partial charge in [-0.1, -0.05) is 158 Å². The number of unbranched alkanes of at least 4 members (excludes halogenated alkanes) is 20. The minimum Gasteiger partial charge on any atom is -0.380 e. The van der Waals surface area contributed by atoms with Crippen LogP contribution in [-0.4, -0.2) is 44.4 Å². The van der Waals surface area contributed by atoms with Gasteiger partial charge in [-0.15, -0.1) is 0 Å². The highest BCUT2D eigenvalue weighted by Crippen LogP contribution is 2.11. The molecule has 0 spiro atoms. The molecule has 0 aromatic heterocycles. The van der Waals surface area contributed by atoms with Gasteiger partial charge in [-0.2, -0.15) is 0 Å². The highest BCUT2D eigenvalue weighted by Gasteiger charge is 2.06. The van der Waals surface area contributed by atoms with Gasteiger partial charge in [-0.05, 0) is 69.8 Å². The molecule has 1 rings (SSSR count). The lowest BCUT2D eigenvalue weighted by Gasteiger charge is -2.22. The van der Waals surface area contributed by atoms with E-state index in [1.807, 2.05) is 0 Å². The van der Waals surface area contributed by atoms with Crippen molar-refractivity contribution in [3.63, 3.8) is 0 Å². The van der Waals surface area contributed by atoms with E-state index in [1.165, 1.54) is 160 Å². The Balaban J connectivity index is 2.00. The standard InChI is InChI=1S/C43H77NO2/c1-3-5-7-9-11-13-15-17-19-21-23-25-27-32-38-45-40-36-44(42-43-34-30-29-31-35-43)37-41-46-39-33-28-26-24-22-20-18-16-14-12-10-8-6-4-2/h13-16,29-31,34-35H,3-12,17-28,32-33,36-42H2,1-2H3. The predicted octanol–water partition coefficient (Wildman–Crippen LogP) is 13.0. The van der Waals surface area contributed by atoms with Gasteiger partial charge in [-0.3, -0.25) is 4.90 Å². The van der Waals surface area contributed by atoms with Crippen LogP contribution in [0.15, 0.2) is 54.6 Å². The van der Waals surface area contributed by atoms with E-state index < -0.39 is 0 Å². The second kappa shape index (κ2) is 36.4. The summed E-state index contributed by atoms with van der Waals surface area (Å²) in [5.74, 6) is 0. The first-order chi connectivity index (χ1) is 22.9. The van der Waals surface area contributed by atoms with Gasteiger partial charge in [0.15, 0.2) is 0 Å². The molecule has 0 fully saturated rings. The molecular weight excluding hydrogens is 562 g/mol. The second-order valence-electron chi connectivity index (χ2n) is 13.4. The zero-order valence-electron chi connectivity index (χ0n) is 30.9. The Hall–Kier alpha value is -1.42. The summed E-state index contributed by atoms with van der Waals surface area (Å²) < 4.78 is 12.1. The Morgan fingerprint density at radius 2 is 0.804 bits per heavy atom. The summed E-state index contributed by atoms with van der Waals surface area (Å²) >= 11 is 0. The highest BCUT2D eigenvalue weighted by molar-refractivity contribution is 5.14. The molecule has 0 atom stereocenters. The van der Waals surface area contributed by atoms with Gasteiger partial charge in [0.2, 0.25) is 0 Å². The number of ether oxygens (including phenoxy) is 2. The molecule has 266 valence electrons. The molecule has 1 aromatic carbocycles. The van der Waals surface area contributed by atoms with Gasteiger partial charge in [0, 0.05) is 32.8 Å². The molecule has 0 saturated carbocycles. The van der Waals surface area contributed by atoms with Crippen molar-refractivity contribution in [3.05, 3.63) is 60.2 Å². The Kier molecular flexibility index (Phi) is 33.7. The maximum absolute atomic E-state index is 6.05. The maximum Gasteiger partial charge on any atom is 0.0593 e. The molecular formula is C43H77NO2. The quantitative estimate of drug-likeness (QED) is 0.0538. The van der Waals surface area contributed by atoms with Crippen molar-refractivity contribution >= 4 is 0 Å². The monoisotopic (exact) mass is 640 g/mol. The fourth-order valence-corrected chi connectivity index (χ4v) is 5.90. The van der Waals surface area contributed by atoms with Crippen molar-refractivity contribution in [2.45, 2.75) is 174 Å². The third-order valence-corrected chi connectivity index (χ3v) is 8.95. The van der Waals surface area contributed by atoms with Crippen LogP contribution in [0.4, 0.5) is 0 Å². The van der Waals surface area contributed by atoms with Crippen molar-refractivity contribution in [3.8, 4) is 0 Å². The molecule has 0 radical (unpaired) electrons. The van der Waals surface area contributed by atoms with E-state index in [-0.39, 0.29) is 0 Å².